The number of rotatable bonds is 41. The number of carbonyl (C=O) groups is 5. The van der Waals surface area contributed by atoms with Crippen LogP contribution in [0.3, 0.4) is 0 Å². The first-order valence-electron chi connectivity index (χ1n) is 30.6. The minimum atomic E-state index is -0.691. The molecule has 0 aliphatic heterocycles. The summed E-state index contributed by atoms with van der Waals surface area (Å²) in [7, 11) is 0. The summed E-state index contributed by atoms with van der Waals surface area (Å²) in [5.41, 5.74) is 5.87. The lowest BCUT2D eigenvalue weighted by Gasteiger charge is -2.19. The third-order valence-corrected chi connectivity index (χ3v) is 14.4. The number of carboxylic acids is 2. The number of carboxylic acid groups (broad SMARTS) is 2. The van der Waals surface area contributed by atoms with E-state index >= 15 is 0 Å². The Hall–Kier alpha value is -4.99. The summed E-state index contributed by atoms with van der Waals surface area (Å²) < 4.78 is 16.0. The molecule has 3 aromatic carbocycles. The number of ether oxygens (including phenoxy) is 3. The monoisotopic (exact) mass is 1070 g/mol. The lowest BCUT2D eigenvalue weighted by atomic mass is 9.87. The summed E-state index contributed by atoms with van der Waals surface area (Å²) in [5.74, 6) is 1.21. The Kier molecular flexibility index (Phi) is 41.8. The minimum Gasteiger partial charge on any atom is -0.481 e. The van der Waals surface area contributed by atoms with Crippen LogP contribution in [0.5, 0.6) is 17.2 Å². The minimum absolute atomic E-state index is 0.180. The Morgan fingerprint density at radius 2 is 0.701 bits per heavy atom. The van der Waals surface area contributed by atoms with Gasteiger partial charge in [0.25, 0.3) is 0 Å². The van der Waals surface area contributed by atoms with Crippen LogP contribution in [0.1, 0.15) is 293 Å². The predicted octanol–water partition coefficient (Wildman–Crippen LogP) is 19.3. The highest BCUT2D eigenvalue weighted by atomic mass is 16.5. The van der Waals surface area contributed by atoms with Crippen LogP contribution in [0.4, 0.5) is 0 Å². The maximum absolute atomic E-state index is 11.7. The fourth-order valence-electron chi connectivity index (χ4n) is 9.61. The topological polar surface area (TPSA) is 154 Å². The Bertz CT molecular complexity index is 2040. The number of hydrogen-bond donors (Lipinski definition) is 2. The number of aryl methyl sites for hydroxylation is 3. The molecule has 2 atom stereocenters. The van der Waals surface area contributed by atoms with E-state index in [4.69, 9.17) is 24.4 Å². The van der Waals surface area contributed by atoms with Crippen molar-refractivity contribution >= 4 is 29.8 Å². The van der Waals surface area contributed by atoms with E-state index in [1.165, 1.54) is 146 Å². The van der Waals surface area contributed by atoms with E-state index in [-0.39, 0.29) is 24.3 Å². The molecule has 2 N–H and O–H groups in total. The van der Waals surface area contributed by atoms with Gasteiger partial charge in [-0.15, -0.1) is 0 Å². The van der Waals surface area contributed by atoms with Crippen molar-refractivity contribution in [3.05, 3.63) is 88.5 Å². The predicted molar refractivity (Wildman–Crippen MR) is 317 cm³/mol. The van der Waals surface area contributed by atoms with Gasteiger partial charge < -0.3 is 24.4 Å². The average molecular weight is 1070 g/mol. The number of carbonyl (C=O) groups excluding carboxylic acids is 3. The van der Waals surface area contributed by atoms with Crippen LogP contribution in [0.25, 0.3) is 0 Å². The third-order valence-electron chi connectivity index (χ3n) is 14.4. The highest BCUT2D eigenvalue weighted by Gasteiger charge is 2.16. The Labute approximate surface area is 467 Å². The number of para-hydroxylation sites is 1. The van der Waals surface area contributed by atoms with Crippen molar-refractivity contribution in [2.45, 2.75) is 286 Å². The lowest BCUT2D eigenvalue weighted by molar-refractivity contribution is -0.138. The zero-order chi connectivity index (χ0) is 56.9. The molecule has 3 rings (SSSR count). The molecule has 0 radical (unpaired) electrons. The highest BCUT2D eigenvalue weighted by Crippen LogP contribution is 2.34. The lowest BCUT2D eigenvalue weighted by Crippen LogP contribution is -2.07. The smallest absolute Gasteiger partial charge is 0.310 e. The first kappa shape index (κ1) is 70.0. The second kappa shape index (κ2) is 46.0. The van der Waals surface area contributed by atoms with Crippen LogP contribution in [0, 0.1) is 13.8 Å². The molecule has 3 aromatic rings. The van der Waals surface area contributed by atoms with Gasteiger partial charge in [0.05, 0.1) is 0 Å². The van der Waals surface area contributed by atoms with Crippen LogP contribution in [-0.2, 0) is 30.4 Å². The number of benzene rings is 3. The van der Waals surface area contributed by atoms with E-state index in [1.54, 1.807) is 6.92 Å². The molecule has 77 heavy (non-hydrogen) atoms. The molecule has 0 spiro atoms. The molecule has 0 amide bonds. The van der Waals surface area contributed by atoms with Gasteiger partial charge in [-0.3, -0.25) is 24.0 Å². The van der Waals surface area contributed by atoms with Gasteiger partial charge in [-0.25, -0.2) is 0 Å². The van der Waals surface area contributed by atoms with Gasteiger partial charge in [-0.1, -0.05) is 225 Å². The summed E-state index contributed by atoms with van der Waals surface area (Å²) in [6.45, 7) is 16.0. The molecule has 0 aromatic heterocycles. The van der Waals surface area contributed by atoms with E-state index in [1.807, 2.05) is 71.0 Å². The van der Waals surface area contributed by atoms with E-state index in [2.05, 4.69) is 38.1 Å². The maximum Gasteiger partial charge on any atom is 0.310 e. The van der Waals surface area contributed by atoms with E-state index in [0.717, 1.165) is 68.1 Å². The van der Waals surface area contributed by atoms with Crippen LogP contribution in [0.15, 0.2) is 60.7 Å². The zero-order valence-corrected chi connectivity index (χ0v) is 49.6. The van der Waals surface area contributed by atoms with Gasteiger partial charge in [0.15, 0.2) is 0 Å². The van der Waals surface area contributed by atoms with Gasteiger partial charge in [0.1, 0.15) is 17.2 Å². The fraction of sp³-hybridized carbons (Fsp3) is 0.657. The molecule has 0 fully saturated rings. The van der Waals surface area contributed by atoms with E-state index in [9.17, 15) is 24.0 Å². The van der Waals surface area contributed by atoms with Crippen LogP contribution >= 0.6 is 0 Å². The highest BCUT2D eigenvalue weighted by molar-refractivity contribution is 5.73. The van der Waals surface area contributed by atoms with E-state index < -0.39 is 11.9 Å². The summed E-state index contributed by atoms with van der Waals surface area (Å²) >= 11 is 0. The van der Waals surface area contributed by atoms with Crippen molar-refractivity contribution in [1.82, 2.24) is 0 Å². The molecule has 0 saturated heterocycles. The van der Waals surface area contributed by atoms with Gasteiger partial charge in [-0.05, 0) is 117 Å². The zero-order valence-electron chi connectivity index (χ0n) is 49.6. The van der Waals surface area contributed by atoms with Gasteiger partial charge in [0, 0.05) is 32.1 Å². The Morgan fingerprint density at radius 1 is 0.390 bits per heavy atom. The molecule has 0 heterocycles. The molecule has 434 valence electrons. The van der Waals surface area contributed by atoms with Gasteiger partial charge in [0.2, 0.25) is 0 Å². The quantitative estimate of drug-likeness (QED) is 0.0319. The van der Waals surface area contributed by atoms with Gasteiger partial charge >= 0.3 is 29.8 Å². The second-order valence-corrected chi connectivity index (χ2v) is 21.1. The molecule has 0 saturated carbocycles. The van der Waals surface area contributed by atoms with Crippen molar-refractivity contribution in [3.8, 4) is 17.2 Å². The normalized spacial score (nSPS) is 11.6. The van der Waals surface area contributed by atoms with Crippen LogP contribution < -0.4 is 14.2 Å². The maximum atomic E-state index is 11.7. The number of esters is 3. The van der Waals surface area contributed by atoms with E-state index in [0.29, 0.717) is 54.8 Å². The van der Waals surface area contributed by atoms with Crippen molar-refractivity contribution in [2.24, 2.45) is 0 Å². The fourth-order valence-corrected chi connectivity index (χ4v) is 9.61. The van der Waals surface area contributed by atoms with Crippen molar-refractivity contribution in [3.63, 3.8) is 0 Å². The second-order valence-electron chi connectivity index (χ2n) is 21.1. The SMILES string of the molecule is CCC(=O)Oc1ccccc1CC.CCCCCCCCC(CCCCCCCCC(=O)O)c1ccc(OC(=O)CC)c(C)c1.CCCCCCCCCC(CCCCCCCC(=O)O)c1ccc(OC(=O)CC)c(C)c1. The molecular formula is C67H106O10. The Morgan fingerprint density at radius 3 is 1.01 bits per heavy atom. The van der Waals surface area contributed by atoms with Crippen molar-refractivity contribution in [1.29, 1.82) is 0 Å². The molecule has 0 aliphatic carbocycles. The van der Waals surface area contributed by atoms with Crippen molar-refractivity contribution < 1.29 is 48.4 Å². The van der Waals surface area contributed by atoms with Crippen molar-refractivity contribution in [2.75, 3.05) is 0 Å². The number of unbranched alkanes of at least 4 members (excludes halogenated alkanes) is 20. The Balaban J connectivity index is 0.000000626. The molecule has 10 nitrogen and oxygen atoms in total. The third kappa shape index (κ3) is 35.2. The van der Waals surface area contributed by atoms with Crippen LogP contribution in [0.2, 0.25) is 0 Å². The summed E-state index contributed by atoms with van der Waals surface area (Å²) in [6, 6.07) is 20.3. The first-order chi connectivity index (χ1) is 37.2. The van der Waals surface area contributed by atoms with Gasteiger partial charge in [-0.2, -0.15) is 0 Å². The van der Waals surface area contributed by atoms with Crippen LogP contribution in [-0.4, -0.2) is 40.1 Å². The standard InChI is InChI=1S/2C28H46O4.C11H14O2/c1-4-6-7-8-11-14-17-24(18-15-12-9-10-13-16-19-27(29)30)25-20-21-26(23(3)22-25)32-28(31)5-2;1-4-6-7-8-9-11-14-17-24(18-15-12-10-13-16-19-27(29)30)25-20-21-26(23(3)22-25)32-28(31)5-2;1-3-9-7-5-6-8-10(9)13-11(12)4-2/h2*20-22,24H,4-19H2,1-3H3,(H,29,30);5-8H,3-4H2,1-2H3. The summed E-state index contributed by atoms with van der Waals surface area (Å²) in [4.78, 5) is 55.6. The summed E-state index contributed by atoms with van der Waals surface area (Å²) in [5, 5.41) is 17.5. The first-order valence-corrected chi connectivity index (χ1v) is 30.6. The largest absolute Gasteiger partial charge is 0.481 e. The molecule has 2 unspecified atom stereocenters. The average Bonchev–Trinajstić information content (AvgIpc) is 3.42. The number of aliphatic carboxylic acids is 2. The molecule has 0 aliphatic rings. The molecule has 0 bridgehead atoms. The number of hydrogen-bond acceptors (Lipinski definition) is 8. The summed E-state index contributed by atoms with van der Waals surface area (Å²) in [6.07, 6.45) is 36.4. The molecular weight excluding hydrogens is 965 g/mol. The molecule has 10 heteroatoms.